The quantitative estimate of drug-likeness (QED) is 0.0898. The number of aromatic amines is 2. The number of anilines is 1. The first-order valence-electron chi connectivity index (χ1n) is 18.6. The predicted octanol–water partition coefficient (Wildman–Crippen LogP) is 5.88. The number of rotatable bonds is 12. The molecular weight excluding hydrogens is 722 g/mol. The number of piperidine rings is 3. The lowest BCUT2D eigenvalue weighted by molar-refractivity contribution is 0.0837. The molecule has 294 valence electrons. The van der Waals surface area contributed by atoms with E-state index in [1.54, 1.807) is 21.6 Å². The molecule has 12 nitrogen and oxygen atoms in total. The second-order valence-electron chi connectivity index (χ2n) is 14.5. The van der Waals surface area contributed by atoms with Gasteiger partial charge in [0.1, 0.15) is 5.75 Å². The number of phenolic OH excluding ortho intramolecular Hbond substituents is 1. The maximum atomic E-state index is 13.1. The van der Waals surface area contributed by atoms with Crippen LogP contribution in [0.4, 0.5) is 19.9 Å². The first-order valence-corrected chi connectivity index (χ1v) is 18.6. The van der Waals surface area contributed by atoms with Gasteiger partial charge in [-0.25, -0.2) is 9.59 Å². The van der Waals surface area contributed by atoms with E-state index < -0.39 is 12.2 Å². The zero-order chi connectivity index (χ0) is 37.3. The minimum absolute atomic E-state index is 0. The van der Waals surface area contributed by atoms with Crippen LogP contribution in [0.5, 0.6) is 5.75 Å². The van der Waals surface area contributed by atoms with E-state index in [0.29, 0.717) is 42.8 Å². The van der Waals surface area contributed by atoms with Crippen LogP contribution in [0.25, 0.3) is 33.1 Å². The Bertz CT molecular complexity index is 2440. The molecule has 2 bridgehead atoms. The molecule has 5 heterocycles. The average Bonchev–Trinajstić information content (AvgIpc) is 3.49. The van der Waals surface area contributed by atoms with Gasteiger partial charge in [0.05, 0.1) is 34.4 Å². The van der Waals surface area contributed by atoms with Gasteiger partial charge < -0.3 is 35.5 Å². The zero-order valence-corrected chi connectivity index (χ0v) is 30.7. The van der Waals surface area contributed by atoms with E-state index in [1.807, 2.05) is 60.7 Å². The molecule has 0 aliphatic carbocycles. The summed E-state index contributed by atoms with van der Waals surface area (Å²) >= 11 is 0. The molecule has 0 saturated carbocycles. The first-order chi connectivity index (χ1) is 26.2. The number of carbonyl (C=O) groups is 1. The topological polar surface area (TPSA) is 167 Å². The summed E-state index contributed by atoms with van der Waals surface area (Å²) in [4.78, 5) is 47.4. The number of aryl methyl sites for hydroxylation is 2. The van der Waals surface area contributed by atoms with Gasteiger partial charge in [-0.05, 0) is 97.3 Å². The molecule has 14 heteroatoms. The SMILES string of the molecule is F.F.O=C(O)N(c1cc(CCCn2c(=O)[nH]c3cc(CNC[C@H](O)c4ccc(O)c5[nH]c(=O)ccc45)ccc32)ccc1-c1ccccc1)[C@H]1CN2CCC1CC2. The second kappa shape index (κ2) is 16.9. The summed E-state index contributed by atoms with van der Waals surface area (Å²) in [6, 6.07) is 27.9. The smallest absolute Gasteiger partial charge is 0.412 e. The van der Waals surface area contributed by atoms with Gasteiger partial charge in [0, 0.05) is 43.2 Å². The number of phenols is 1. The van der Waals surface area contributed by atoms with E-state index in [0.717, 1.165) is 71.5 Å². The summed E-state index contributed by atoms with van der Waals surface area (Å²) < 4.78 is 1.74. The van der Waals surface area contributed by atoms with Crippen molar-refractivity contribution in [2.45, 2.75) is 50.9 Å². The largest absolute Gasteiger partial charge is 0.506 e. The van der Waals surface area contributed by atoms with Gasteiger partial charge in [-0.15, -0.1) is 0 Å². The number of halogens is 2. The Morgan fingerprint density at radius 1 is 0.911 bits per heavy atom. The van der Waals surface area contributed by atoms with E-state index in [2.05, 4.69) is 26.3 Å². The number of amides is 1. The Morgan fingerprint density at radius 2 is 1.68 bits per heavy atom. The predicted molar refractivity (Wildman–Crippen MR) is 214 cm³/mol. The Morgan fingerprint density at radius 3 is 2.41 bits per heavy atom. The van der Waals surface area contributed by atoms with Gasteiger partial charge in [-0.3, -0.25) is 23.7 Å². The third-order valence-corrected chi connectivity index (χ3v) is 11.2. The third kappa shape index (κ3) is 7.94. The number of benzene rings is 4. The fourth-order valence-corrected chi connectivity index (χ4v) is 8.44. The first kappa shape index (κ1) is 39.9. The lowest BCUT2D eigenvalue weighted by Gasteiger charge is -2.48. The highest BCUT2D eigenvalue weighted by molar-refractivity contribution is 5.94. The molecular formula is C42H46F2N6O6. The van der Waals surface area contributed by atoms with Crippen molar-refractivity contribution in [3.63, 3.8) is 0 Å². The highest BCUT2D eigenvalue weighted by atomic mass is 19.0. The molecule has 2 atom stereocenters. The van der Waals surface area contributed by atoms with Crippen LogP contribution in [0.2, 0.25) is 0 Å². The van der Waals surface area contributed by atoms with Crippen LogP contribution < -0.4 is 21.5 Å². The number of nitrogens with zero attached hydrogens (tertiary/aromatic N) is 3. The van der Waals surface area contributed by atoms with E-state index in [9.17, 15) is 29.7 Å². The van der Waals surface area contributed by atoms with Crippen molar-refractivity contribution in [1.29, 1.82) is 0 Å². The molecule has 56 heavy (non-hydrogen) atoms. The second-order valence-corrected chi connectivity index (χ2v) is 14.5. The summed E-state index contributed by atoms with van der Waals surface area (Å²) in [5, 5.41) is 35.6. The van der Waals surface area contributed by atoms with E-state index in [4.69, 9.17) is 0 Å². The molecule has 0 spiro atoms. The van der Waals surface area contributed by atoms with Crippen molar-refractivity contribution in [2.24, 2.45) is 5.92 Å². The molecule has 3 fully saturated rings. The number of imidazole rings is 1. The minimum Gasteiger partial charge on any atom is -0.506 e. The van der Waals surface area contributed by atoms with Crippen molar-refractivity contribution >= 4 is 33.7 Å². The van der Waals surface area contributed by atoms with Gasteiger partial charge in [0.25, 0.3) is 0 Å². The fraction of sp³-hybridized carbons (Fsp3) is 0.310. The zero-order valence-electron chi connectivity index (χ0n) is 30.7. The maximum absolute atomic E-state index is 13.1. The number of carboxylic acid groups (broad SMARTS) is 1. The van der Waals surface area contributed by atoms with Crippen LogP contribution in [0, 0.1) is 5.92 Å². The number of aliphatic hydroxyl groups is 1. The van der Waals surface area contributed by atoms with Crippen LogP contribution in [0.3, 0.4) is 0 Å². The highest BCUT2D eigenvalue weighted by Gasteiger charge is 2.41. The third-order valence-electron chi connectivity index (χ3n) is 11.2. The monoisotopic (exact) mass is 768 g/mol. The molecule has 1 amide bonds. The van der Waals surface area contributed by atoms with Crippen molar-refractivity contribution in [3.8, 4) is 16.9 Å². The summed E-state index contributed by atoms with van der Waals surface area (Å²) in [7, 11) is 0. The standard InChI is InChI=1S/C42H44N6O6.2FH/c49-37-14-11-31(32-12-15-39(51)45-40(32)37)38(50)24-43-23-27-9-13-34-33(21-27)44-41(52)47(34)18-4-5-26-8-10-30(28-6-2-1-3-7-28)35(22-26)48(42(53)54)36-25-46-19-16-29(36)17-20-46;;/h1-3,6-15,21-22,29,36,38,43,49-50H,4-5,16-20,23-25H2,(H,44,52)(H,45,51)(H,53,54);2*1H/t36-,38-;;/m0../s1. The molecule has 6 aromatic rings. The van der Waals surface area contributed by atoms with Gasteiger partial charge >= 0.3 is 11.8 Å². The highest BCUT2D eigenvalue weighted by Crippen LogP contribution is 2.39. The van der Waals surface area contributed by atoms with E-state index in [-0.39, 0.29) is 44.5 Å². The number of fused-ring (bicyclic) bond motifs is 5. The Kier molecular flexibility index (Phi) is 12.0. The van der Waals surface area contributed by atoms with Gasteiger partial charge in [-0.1, -0.05) is 54.6 Å². The molecule has 6 N–H and O–H groups in total. The van der Waals surface area contributed by atoms with Crippen LogP contribution in [0.15, 0.2) is 101 Å². The molecule has 2 aromatic heterocycles. The fourth-order valence-electron chi connectivity index (χ4n) is 8.44. The number of aromatic hydroxyl groups is 1. The number of aliphatic hydroxyl groups excluding tert-OH is 1. The lowest BCUT2D eigenvalue weighted by Crippen LogP contribution is -2.59. The molecule has 3 saturated heterocycles. The van der Waals surface area contributed by atoms with Crippen LogP contribution in [-0.2, 0) is 19.5 Å². The van der Waals surface area contributed by atoms with Crippen LogP contribution >= 0.6 is 0 Å². The Hall–Kier alpha value is -5.83. The minimum atomic E-state index is -0.927. The number of nitrogens with one attached hydrogen (secondary N) is 3. The van der Waals surface area contributed by atoms with Crippen molar-refractivity contribution in [1.82, 2.24) is 24.8 Å². The maximum Gasteiger partial charge on any atom is 0.412 e. The number of aromatic nitrogens is 3. The molecule has 9 rings (SSSR count). The van der Waals surface area contributed by atoms with Gasteiger partial charge in [-0.2, -0.15) is 0 Å². The summed E-state index contributed by atoms with van der Waals surface area (Å²) in [5.41, 5.74) is 6.41. The number of H-pyrrole nitrogens is 2. The summed E-state index contributed by atoms with van der Waals surface area (Å²) in [6.45, 7) is 3.97. The molecule has 3 aliphatic rings. The van der Waals surface area contributed by atoms with Crippen LogP contribution in [-0.4, -0.2) is 73.1 Å². The van der Waals surface area contributed by atoms with Crippen LogP contribution in [0.1, 0.15) is 42.1 Å². The summed E-state index contributed by atoms with van der Waals surface area (Å²) in [6.07, 6.45) is 1.57. The Labute approximate surface area is 320 Å². The molecule has 0 unspecified atom stereocenters. The van der Waals surface area contributed by atoms with Crippen molar-refractivity contribution in [2.75, 3.05) is 31.1 Å². The molecule has 3 aliphatic heterocycles. The van der Waals surface area contributed by atoms with E-state index >= 15 is 0 Å². The van der Waals surface area contributed by atoms with Crippen molar-refractivity contribution in [3.05, 3.63) is 129 Å². The number of hydrogen-bond acceptors (Lipinski definition) is 7. The molecule has 4 aromatic carbocycles. The number of pyridine rings is 1. The average molecular weight is 769 g/mol. The number of hydrogen-bond donors (Lipinski definition) is 6. The van der Waals surface area contributed by atoms with E-state index in [1.165, 1.54) is 12.1 Å². The normalized spacial score (nSPS) is 18.0. The summed E-state index contributed by atoms with van der Waals surface area (Å²) in [5.74, 6) is 0.282. The molecule has 0 radical (unpaired) electrons. The van der Waals surface area contributed by atoms with Gasteiger partial charge in [0.15, 0.2) is 0 Å². The van der Waals surface area contributed by atoms with Gasteiger partial charge in [0.2, 0.25) is 5.56 Å². The lowest BCUT2D eigenvalue weighted by atomic mass is 9.82. The Balaban J connectivity index is 0.00000266. The van der Waals surface area contributed by atoms with Crippen molar-refractivity contribution < 1.29 is 29.5 Å².